The first-order valence-electron chi connectivity index (χ1n) is 12.6. The van der Waals surface area contributed by atoms with Crippen molar-refractivity contribution in [2.24, 2.45) is 5.92 Å². The van der Waals surface area contributed by atoms with Gasteiger partial charge in [-0.25, -0.2) is 0 Å². The van der Waals surface area contributed by atoms with Crippen LogP contribution < -0.4 is 9.80 Å². The van der Waals surface area contributed by atoms with Gasteiger partial charge < -0.3 is 19.5 Å². The average Bonchev–Trinajstić information content (AvgIpc) is 3.26. The molecule has 0 aromatic heterocycles. The lowest BCUT2D eigenvalue weighted by Gasteiger charge is -2.33. The van der Waals surface area contributed by atoms with Crippen LogP contribution in [0.1, 0.15) is 38.2 Å². The first kappa shape index (κ1) is 24.2. The van der Waals surface area contributed by atoms with E-state index in [2.05, 4.69) is 0 Å². The number of anilines is 3. The number of amides is 2. The lowest BCUT2D eigenvalue weighted by atomic mass is 9.82. The number of rotatable bonds is 5. The van der Waals surface area contributed by atoms with Crippen LogP contribution in [0.5, 0.6) is 0 Å². The second kappa shape index (κ2) is 8.85. The molecule has 186 valence electrons. The van der Waals surface area contributed by atoms with Gasteiger partial charge in [-0.15, -0.1) is 0 Å². The predicted molar refractivity (Wildman–Crippen MR) is 137 cm³/mol. The Balaban J connectivity index is 1.69. The maximum Gasteiger partial charge on any atom is 0.268 e. The molecule has 0 saturated carbocycles. The molecule has 0 radical (unpaired) electrons. The van der Waals surface area contributed by atoms with E-state index in [1.54, 1.807) is 9.80 Å². The molecule has 2 aromatic rings. The van der Waals surface area contributed by atoms with Gasteiger partial charge in [0, 0.05) is 48.0 Å². The normalized spacial score (nSPS) is 28.8. The third-order valence-corrected chi connectivity index (χ3v) is 10.4. The summed E-state index contributed by atoms with van der Waals surface area (Å²) >= 11 is 0. The molecule has 2 amide bonds. The molecule has 0 aliphatic carbocycles. The summed E-state index contributed by atoms with van der Waals surface area (Å²) in [5.41, 5.74) is 1.46. The van der Waals surface area contributed by atoms with Crippen LogP contribution >= 0.6 is 0 Å². The predicted octanol–water partition coefficient (Wildman–Crippen LogP) is 4.06. The zero-order valence-electron chi connectivity index (χ0n) is 20.6. The largest absolute Gasteiger partial charge is 0.432 e. The molecular formula is C27H34N2O5Si. The van der Waals surface area contributed by atoms with Crippen LogP contribution in [0.3, 0.4) is 0 Å². The van der Waals surface area contributed by atoms with E-state index in [1.807, 2.05) is 68.5 Å². The Hall–Kier alpha value is -2.52. The minimum atomic E-state index is -2.76. The van der Waals surface area contributed by atoms with E-state index in [0.29, 0.717) is 19.4 Å². The zero-order valence-corrected chi connectivity index (χ0v) is 21.6. The number of piperidine rings is 1. The van der Waals surface area contributed by atoms with Crippen LogP contribution in [0.2, 0.25) is 18.6 Å². The summed E-state index contributed by atoms with van der Waals surface area (Å²) in [7, 11) is -2.76. The van der Waals surface area contributed by atoms with Gasteiger partial charge in [-0.3, -0.25) is 14.5 Å². The summed E-state index contributed by atoms with van der Waals surface area (Å²) in [4.78, 5) is 41.8. The van der Waals surface area contributed by atoms with Gasteiger partial charge in [-0.1, -0.05) is 25.1 Å². The number of hydrogen-bond acceptors (Lipinski definition) is 5. The van der Waals surface area contributed by atoms with Crippen LogP contribution in [0.15, 0.2) is 48.5 Å². The summed E-state index contributed by atoms with van der Waals surface area (Å²) in [6.45, 7) is 6.31. The van der Waals surface area contributed by atoms with Crippen LogP contribution in [-0.2, 0) is 19.9 Å². The molecule has 3 aliphatic heterocycles. The van der Waals surface area contributed by atoms with Crippen molar-refractivity contribution in [2.45, 2.75) is 62.9 Å². The first-order valence-corrected chi connectivity index (χ1v) is 15.6. The highest BCUT2D eigenvalue weighted by Crippen LogP contribution is 2.61. The maximum atomic E-state index is 14.4. The number of carbonyl (C=O) groups is 2. The number of aliphatic hydroxyl groups is 1. The van der Waals surface area contributed by atoms with Gasteiger partial charge in [0.05, 0.1) is 11.8 Å². The Morgan fingerprint density at radius 2 is 1.83 bits per heavy atom. The first-order chi connectivity index (χ1) is 16.7. The van der Waals surface area contributed by atoms with Gasteiger partial charge in [-0.2, -0.15) is 0 Å². The topological polar surface area (TPSA) is 90.3 Å². The molecule has 7 nitrogen and oxygen atoms in total. The molecule has 2 saturated heterocycles. The number of benzene rings is 2. The molecule has 4 atom stereocenters. The third kappa shape index (κ3) is 3.74. The summed E-state index contributed by atoms with van der Waals surface area (Å²) in [6.07, 6.45) is 2.28. The van der Waals surface area contributed by atoms with Gasteiger partial charge in [0.25, 0.3) is 5.91 Å². The maximum absolute atomic E-state index is 14.4. The van der Waals surface area contributed by atoms with Gasteiger partial charge in [0.15, 0.2) is 13.9 Å². The third-order valence-electron chi connectivity index (χ3n) is 7.94. The van der Waals surface area contributed by atoms with Crippen LogP contribution in [0, 0.1) is 5.92 Å². The molecule has 1 spiro atoms. The molecule has 35 heavy (non-hydrogen) atoms. The second-order valence-corrected chi connectivity index (χ2v) is 14.5. The Morgan fingerprint density at radius 1 is 1.09 bits per heavy atom. The lowest BCUT2D eigenvalue weighted by molar-refractivity contribution is -0.145. The molecule has 0 bridgehead atoms. The molecule has 2 fully saturated rings. The second-order valence-electron chi connectivity index (χ2n) is 10.6. The summed E-state index contributed by atoms with van der Waals surface area (Å²) < 4.78 is 6.68. The van der Waals surface area contributed by atoms with E-state index < -0.39 is 20.0 Å². The minimum Gasteiger partial charge on any atom is -0.432 e. The average molecular weight is 495 g/mol. The Bertz CT molecular complexity index is 1130. The van der Waals surface area contributed by atoms with E-state index >= 15 is 0 Å². The highest BCUT2D eigenvalue weighted by Gasteiger charge is 2.66. The number of hydrogen-bond donors (Lipinski definition) is 2. The molecular weight excluding hydrogens is 460 g/mol. The smallest absolute Gasteiger partial charge is 0.268 e. The van der Waals surface area contributed by atoms with E-state index in [4.69, 9.17) is 4.74 Å². The summed E-state index contributed by atoms with van der Waals surface area (Å²) in [6, 6.07) is 15.3. The van der Waals surface area contributed by atoms with Crippen LogP contribution in [0.4, 0.5) is 17.1 Å². The monoisotopic (exact) mass is 494 g/mol. The Labute approximate surface area is 207 Å². The summed E-state index contributed by atoms with van der Waals surface area (Å²) in [5.74, 6) is -0.398. The van der Waals surface area contributed by atoms with Crippen molar-refractivity contribution in [3.63, 3.8) is 0 Å². The van der Waals surface area contributed by atoms with Crippen LogP contribution in [-0.4, -0.2) is 49.3 Å². The van der Waals surface area contributed by atoms with Crippen LogP contribution in [0.25, 0.3) is 0 Å². The van der Waals surface area contributed by atoms with Gasteiger partial charge in [0.1, 0.15) is 0 Å². The summed E-state index contributed by atoms with van der Waals surface area (Å²) in [5, 5.41) is 9.78. The molecule has 0 unspecified atom stereocenters. The van der Waals surface area contributed by atoms with Crippen molar-refractivity contribution < 1.29 is 24.2 Å². The van der Waals surface area contributed by atoms with Crippen molar-refractivity contribution in [2.75, 3.05) is 23.0 Å². The van der Waals surface area contributed by atoms with E-state index in [1.165, 1.54) is 0 Å². The van der Waals surface area contributed by atoms with Crippen molar-refractivity contribution in [3.05, 3.63) is 54.1 Å². The highest BCUT2D eigenvalue weighted by molar-refractivity contribution is 6.71. The zero-order chi connectivity index (χ0) is 25.0. The minimum absolute atomic E-state index is 0.0831. The SMILES string of the molecule is C[C@H]1[C@H]([Si](C)(C)O)[C@@H](CCO)O[C@]12C(=O)N(c1ccccc1)c1ccc(N3CCCCC3=O)cc12. The van der Waals surface area contributed by atoms with E-state index in [-0.39, 0.29) is 29.9 Å². The quantitative estimate of drug-likeness (QED) is 0.612. The fourth-order valence-electron chi connectivity index (χ4n) is 6.47. The number of carbonyl (C=O) groups excluding carboxylic acids is 2. The number of nitrogens with zero attached hydrogens (tertiary/aromatic N) is 2. The Morgan fingerprint density at radius 3 is 2.49 bits per heavy atom. The number of fused-ring (bicyclic) bond motifs is 2. The van der Waals surface area contributed by atoms with E-state index in [0.717, 1.165) is 35.5 Å². The van der Waals surface area contributed by atoms with E-state index in [9.17, 15) is 19.5 Å². The van der Waals surface area contributed by atoms with Crippen molar-refractivity contribution in [3.8, 4) is 0 Å². The van der Waals surface area contributed by atoms with Crippen molar-refractivity contribution in [1.82, 2.24) is 0 Å². The number of aliphatic hydroxyl groups excluding tert-OH is 1. The van der Waals surface area contributed by atoms with Crippen molar-refractivity contribution >= 4 is 37.2 Å². The number of ether oxygens (including phenoxy) is 1. The fourth-order valence-corrected chi connectivity index (χ4v) is 9.07. The standard InChI is InChI=1S/C27H34N2O5Si/c1-18-25(35(2,3)33)23(14-16-30)34-27(18)21-17-20(28-15-8-7-11-24(28)31)12-13-22(21)29(26(27)32)19-9-5-4-6-10-19/h4-6,9-10,12-13,17-18,23,25,30,33H,7-8,11,14-16H2,1-3H3/t18-,23+,25-,27+/m0/s1. The van der Waals surface area contributed by atoms with Gasteiger partial charge in [-0.05, 0) is 62.7 Å². The number of para-hydroxylation sites is 1. The molecule has 3 heterocycles. The van der Waals surface area contributed by atoms with Crippen molar-refractivity contribution in [1.29, 1.82) is 0 Å². The molecule has 3 aliphatic rings. The van der Waals surface area contributed by atoms with Gasteiger partial charge >= 0.3 is 0 Å². The molecule has 8 heteroatoms. The molecule has 5 rings (SSSR count). The highest BCUT2D eigenvalue weighted by atomic mass is 28.4. The molecule has 2 N–H and O–H groups in total. The fraction of sp³-hybridized carbons (Fsp3) is 0.481. The van der Waals surface area contributed by atoms with Gasteiger partial charge in [0.2, 0.25) is 5.91 Å². The lowest BCUT2D eigenvalue weighted by Crippen LogP contribution is -2.45. The molecule has 2 aromatic carbocycles. The Kier molecular flexibility index (Phi) is 6.12.